The predicted molar refractivity (Wildman–Crippen MR) is 85.2 cm³/mol. The van der Waals surface area contributed by atoms with Crippen molar-refractivity contribution in [3.8, 4) is 5.75 Å². The first kappa shape index (κ1) is 14.7. The van der Waals surface area contributed by atoms with Crippen molar-refractivity contribution in [1.82, 2.24) is 14.9 Å². The van der Waals surface area contributed by atoms with E-state index in [-0.39, 0.29) is 0 Å². The molecule has 0 unspecified atom stereocenters. The van der Waals surface area contributed by atoms with E-state index in [1.165, 1.54) is 0 Å². The van der Waals surface area contributed by atoms with Crippen LogP contribution in [0.1, 0.15) is 6.92 Å². The normalized spacial score (nSPS) is 16.4. The summed E-state index contributed by atoms with van der Waals surface area (Å²) in [4.78, 5) is 10.4. The van der Waals surface area contributed by atoms with Crippen LogP contribution in [0.2, 0.25) is 0 Å². The molecule has 5 nitrogen and oxygen atoms in total. The zero-order valence-corrected chi connectivity index (χ0v) is 13.1. The molecule has 0 radical (unpaired) electrons. The zero-order chi connectivity index (χ0) is 14.5. The number of imidazole rings is 1. The third-order valence-electron chi connectivity index (χ3n) is 3.49. The van der Waals surface area contributed by atoms with E-state index in [4.69, 9.17) is 9.47 Å². The number of morpholine rings is 1. The van der Waals surface area contributed by atoms with E-state index in [1.807, 2.05) is 25.1 Å². The number of ether oxygens (including phenoxy) is 2. The fourth-order valence-corrected chi connectivity index (χ4v) is 3.27. The summed E-state index contributed by atoms with van der Waals surface area (Å²) in [6.45, 7) is 7.54. The van der Waals surface area contributed by atoms with E-state index in [1.54, 1.807) is 11.8 Å². The van der Waals surface area contributed by atoms with Crippen LogP contribution >= 0.6 is 11.8 Å². The minimum absolute atomic E-state index is 0.681. The molecular formula is C15H21N3O2S. The van der Waals surface area contributed by atoms with Gasteiger partial charge in [0.2, 0.25) is 0 Å². The molecule has 0 aliphatic carbocycles. The molecule has 1 saturated heterocycles. The van der Waals surface area contributed by atoms with Crippen LogP contribution in [0, 0.1) is 0 Å². The second-order valence-corrected chi connectivity index (χ2v) is 6.04. The number of aromatic nitrogens is 2. The lowest BCUT2D eigenvalue weighted by atomic mass is 10.3. The average Bonchev–Trinajstić information content (AvgIpc) is 2.91. The van der Waals surface area contributed by atoms with Crippen LogP contribution < -0.4 is 4.74 Å². The molecule has 6 heteroatoms. The maximum atomic E-state index is 5.51. The van der Waals surface area contributed by atoms with Gasteiger partial charge < -0.3 is 14.5 Å². The summed E-state index contributed by atoms with van der Waals surface area (Å²) in [5.74, 6) is 1.93. The first-order chi connectivity index (χ1) is 10.3. The molecular weight excluding hydrogens is 286 g/mol. The van der Waals surface area contributed by atoms with Crippen LogP contribution in [0.3, 0.4) is 0 Å². The van der Waals surface area contributed by atoms with E-state index in [0.29, 0.717) is 6.61 Å². The quantitative estimate of drug-likeness (QED) is 0.831. The molecule has 0 bridgehead atoms. The largest absolute Gasteiger partial charge is 0.494 e. The van der Waals surface area contributed by atoms with Gasteiger partial charge in [-0.3, -0.25) is 4.90 Å². The van der Waals surface area contributed by atoms with Gasteiger partial charge in [0.15, 0.2) is 5.16 Å². The minimum Gasteiger partial charge on any atom is -0.494 e. The standard InChI is InChI=1S/C15H21N3O2S/c1-2-20-12-3-4-13-14(11-12)17-15(16-13)21-10-7-18-5-8-19-9-6-18/h3-4,11H,2,5-10H2,1H3,(H,16,17). The van der Waals surface area contributed by atoms with E-state index >= 15 is 0 Å². The second kappa shape index (κ2) is 7.15. The lowest BCUT2D eigenvalue weighted by molar-refractivity contribution is 0.0410. The first-order valence-corrected chi connectivity index (χ1v) is 8.39. The van der Waals surface area contributed by atoms with Crippen molar-refractivity contribution in [2.45, 2.75) is 12.1 Å². The van der Waals surface area contributed by atoms with Gasteiger partial charge in [0.25, 0.3) is 0 Å². The highest BCUT2D eigenvalue weighted by atomic mass is 32.2. The van der Waals surface area contributed by atoms with E-state index in [9.17, 15) is 0 Å². The highest BCUT2D eigenvalue weighted by molar-refractivity contribution is 7.99. The van der Waals surface area contributed by atoms with Crippen molar-refractivity contribution in [1.29, 1.82) is 0 Å². The number of thioether (sulfide) groups is 1. The Kier molecular flexibility index (Phi) is 5.00. The number of nitrogens with zero attached hydrogens (tertiary/aromatic N) is 2. The molecule has 1 N–H and O–H groups in total. The smallest absolute Gasteiger partial charge is 0.166 e. The van der Waals surface area contributed by atoms with E-state index in [0.717, 1.165) is 60.5 Å². The Labute approximate surface area is 129 Å². The first-order valence-electron chi connectivity index (χ1n) is 7.40. The molecule has 1 fully saturated rings. The number of benzene rings is 1. The minimum atomic E-state index is 0.681. The van der Waals surface area contributed by atoms with Crippen molar-refractivity contribution in [2.75, 3.05) is 45.2 Å². The van der Waals surface area contributed by atoms with Crippen molar-refractivity contribution in [3.63, 3.8) is 0 Å². The molecule has 0 saturated carbocycles. The van der Waals surface area contributed by atoms with Crippen LogP contribution in [-0.4, -0.2) is 60.1 Å². The summed E-state index contributed by atoms with van der Waals surface area (Å²) in [5.41, 5.74) is 2.03. The predicted octanol–water partition coefficient (Wildman–Crippen LogP) is 2.39. The van der Waals surface area contributed by atoms with Crippen LogP contribution in [0.15, 0.2) is 23.4 Å². The second-order valence-electron chi connectivity index (χ2n) is 4.96. The Morgan fingerprint density at radius 1 is 1.38 bits per heavy atom. The molecule has 2 aromatic rings. The maximum absolute atomic E-state index is 5.51. The Morgan fingerprint density at radius 3 is 3.05 bits per heavy atom. The Bertz CT molecular complexity index is 581. The van der Waals surface area contributed by atoms with Gasteiger partial charge in [-0.1, -0.05) is 11.8 Å². The third-order valence-corrected chi connectivity index (χ3v) is 4.35. The Morgan fingerprint density at radius 2 is 2.24 bits per heavy atom. The molecule has 1 aromatic carbocycles. The number of rotatable bonds is 6. The number of nitrogens with one attached hydrogen (secondary N) is 1. The van der Waals surface area contributed by atoms with Crippen LogP contribution in [0.5, 0.6) is 5.75 Å². The molecule has 2 heterocycles. The van der Waals surface area contributed by atoms with Crippen LogP contribution in [0.4, 0.5) is 0 Å². The molecule has 0 spiro atoms. The van der Waals surface area contributed by atoms with Gasteiger partial charge in [0, 0.05) is 31.5 Å². The zero-order valence-electron chi connectivity index (χ0n) is 12.3. The average molecular weight is 307 g/mol. The summed E-state index contributed by atoms with van der Waals surface area (Å²) >= 11 is 1.77. The number of hydrogen-bond donors (Lipinski definition) is 1. The molecule has 1 aliphatic rings. The van der Waals surface area contributed by atoms with Gasteiger partial charge in [-0.25, -0.2) is 4.98 Å². The molecule has 114 valence electrons. The van der Waals surface area contributed by atoms with Crippen molar-refractivity contribution in [3.05, 3.63) is 18.2 Å². The fraction of sp³-hybridized carbons (Fsp3) is 0.533. The number of H-pyrrole nitrogens is 1. The molecule has 21 heavy (non-hydrogen) atoms. The highest BCUT2D eigenvalue weighted by Crippen LogP contribution is 2.23. The lowest BCUT2D eigenvalue weighted by Crippen LogP contribution is -2.37. The Hall–Kier alpha value is -1.24. The molecule has 1 aromatic heterocycles. The molecule has 3 rings (SSSR count). The lowest BCUT2D eigenvalue weighted by Gasteiger charge is -2.26. The monoisotopic (exact) mass is 307 g/mol. The number of hydrogen-bond acceptors (Lipinski definition) is 5. The fourth-order valence-electron chi connectivity index (χ4n) is 2.39. The number of aromatic amines is 1. The SMILES string of the molecule is CCOc1ccc2nc(SCCN3CCOCC3)[nH]c2c1. The van der Waals surface area contributed by atoms with Gasteiger partial charge in [0.1, 0.15) is 5.75 Å². The summed E-state index contributed by atoms with van der Waals surface area (Å²) in [5, 5.41) is 0.979. The summed E-state index contributed by atoms with van der Waals surface area (Å²) in [7, 11) is 0. The van der Waals surface area contributed by atoms with Gasteiger partial charge in [-0.05, 0) is 19.1 Å². The van der Waals surface area contributed by atoms with Crippen molar-refractivity contribution < 1.29 is 9.47 Å². The highest BCUT2D eigenvalue weighted by Gasteiger charge is 2.10. The summed E-state index contributed by atoms with van der Waals surface area (Å²) in [6, 6.07) is 5.98. The van der Waals surface area contributed by atoms with Crippen molar-refractivity contribution in [2.24, 2.45) is 0 Å². The van der Waals surface area contributed by atoms with Gasteiger partial charge in [-0.15, -0.1) is 0 Å². The Balaban J connectivity index is 1.56. The molecule has 0 atom stereocenters. The molecule has 0 amide bonds. The van der Waals surface area contributed by atoms with E-state index < -0.39 is 0 Å². The summed E-state index contributed by atoms with van der Waals surface area (Å²) < 4.78 is 10.9. The van der Waals surface area contributed by atoms with E-state index in [2.05, 4.69) is 14.9 Å². The topological polar surface area (TPSA) is 50.4 Å². The van der Waals surface area contributed by atoms with Crippen molar-refractivity contribution >= 4 is 22.8 Å². The third kappa shape index (κ3) is 3.90. The maximum Gasteiger partial charge on any atom is 0.166 e. The van der Waals surface area contributed by atoms with Gasteiger partial charge >= 0.3 is 0 Å². The van der Waals surface area contributed by atoms with Crippen LogP contribution in [0.25, 0.3) is 11.0 Å². The number of fused-ring (bicyclic) bond motifs is 1. The molecule has 1 aliphatic heterocycles. The van der Waals surface area contributed by atoms with Crippen LogP contribution in [-0.2, 0) is 4.74 Å². The summed E-state index contributed by atoms with van der Waals surface area (Å²) in [6.07, 6.45) is 0. The van der Waals surface area contributed by atoms with Gasteiger partial charge in [0.05, 0.1) is 30.9 Å². The van der Waals surface area contributed by atoms with Gasteiger partial charge in [-0.2, -0.15) is 0 Å².